The van der Waals surface area contributed by atoms with Gasteiger partial charge in [0.25, 0.3) is 5.91 Å². The van der Waals surface area contributed by atoms with Crippen LogP contribution in [0.5, 0.6) is 0 Å². The van der Waals surface area contributed by atoms with Gasteiger partial charge in [-0.1, -0.05) is 44.2 Å². The number of carbonyl (C=O) groups is 4. The molecule has 0 saturated carbocycles. The second-order valence-electron chi connectivity index (χ2n) is 11.1. The van der Waals surface area contributed by atoms with Crippen LogP contribution in [0.15, 0.2) is 48.8 Å². The van der Waals surface area contributed by atoms with E-state index in [1.165, 1.54) is 12.3 Å². The number of carboxylic acid groups (broad SMARTS) is 1. The molecule has 0 bridgehead atoms. The summed E-state index contributed by atoms with van der Waals surface area (Å²) in [4.78, 5) is 53.3. The SMILES string of the molecule is CC(C)(CC(N)=O)CC(C(=O)NC1C(=O)COC1CN1CCCC1)(c1ccccc1)n1ccc(C(=O)O)c1. The number of likely N-dealkylation sites (tertiary alicyclic amines) is 1. The van der Waals surface area contributed by atoms with Gasteiger partial charge < -0.3 is 30.4 Å². The molecule has 1 aromatic heterocycles. The Morgan fingerprint density at radius 2 is 1.82 bits per heavy atom. The van der Waals surface area contributed by atoms with Crippen molar-refractivity contribution in [3.8, 4) is 0 Å². The van der Waals surface area contributed by atoms with E-state index in [2.05, 4.69) is 10.2 Å². The smallest absolute Gasteiger partial charge is 0.337 e. The van der Waals surface area contributed by atoms with Gasteiger partial charge in [-0.3, -0.25) is 14.4 Å². The van der Waals surface area contributed by atoms with Crippen molar-refractivity contribution in [2.45, 2.75) is 57.2 Å². The van der Waals surface area contributed by atoms with Gasteiger partial charge >= 0.3 is 5.97 Å². The van der Waals surface area contributed by atoms with Crippen LogP contribution < -0.4 is 11.1 Å². The summed E-state index contributed by atoms with van der Waals surface area (Å²) in [6, 6.07) is 9.55. The van der Waals surface area contributed by atoms with Crippen molar-refractivity contribution in [1.82, 2.24) is 14.8 Å². The fourth-order valence-corrected chi connectivity index (χ4v) is 5.77. The molecule has 0 radical (unpaired) electrons. The molecule has 204 valence electrons. The second kappa shape index (κ2) is 11.1. The second-order valence-corrected chi connectivity index (χ2v) is 11.1. The summed E-state index contributed by atoms with van der Waals surface area (Å²) >= 11 is 0. The first-order chi connectivity index (χ1) is 18.0. The van der Waals surface area contributed by atoms with E-state index in [-0.39, 0.29) is 30.8 Å². The van der Waals surface area contributed by atoms with Crippen molar-refractivity contribution in [2.24, 2.45) is 11.1 Å². The van der Waals surface area contributed by atoms with Gasteiger partial charge in [-0.25, -0.2) is 4.79 Å². The Bertz CT molecular complexity index is 1190. The molecule has 3 heterocycles. The molecule has 10 nitrogen and oxygen atoms in total. The lowest BCUT2D eigenvalue weighted by Gasteiger charge is -2.41. The first-order valence-corrected chi connectivity index (χ1v) is 12.9. The maximum Gasteiger partial charge on any atom is 0.337 e. The molecule has 38 heavy (non-hydrogen) atoms. The van der Waals surface area contributed by atoms with Crippen molar-refractivity contribution in [2.75, 3.05) is 26.2 Å². The number of ether oxygens (including phenoxy) is 1. The van der Waals surface area contributed by atoms with Crippen LogP contribution in [0.3, 0.4) is 0 Å². The zero-order chi connectivity index (χ0) is 27.5. The minimum absolute atomic E-state index is 0.00494. The zero-order valence-electron chi connectivity index (χ0n) is 21.9. The van der Waals surface area contributed by atoms with Gasteiger partial charge in [0.05, 0.1) is 11.7 Å². The molecule has 3 unspecified atom stereocenters. The number of nitrogens with two attached hydrogens (primary N) is 1. The number of amides is 2. The first kappa shape index (κ1) is 27.5. The Kier molecular flexibility index (Phi) is 8.03. The van der Waals surface area contributed by atoms with Crippen LogP contribution in [-0.2, 0) is 24.7 Å². The Balaban J connectivity index is 1.78. The van der Waals surface area contributed by atoms with Gasteiger partial charge in [0.1, 0.15) is 18.2 Å². The number of aromatic carboxylic acids is 1. The average molecular weight is 525 g/mol. The summed E-state index contributed by atoms with van der Waals surface area (Å²) in [6.07, 6.45) is 4.76. The number of nitrogens with zero attached hydrogens (tertiary/aromatic N) is 2. The number of Topliss-reactive ketones (excluding diaryl/α,β-unsaturated/α-hetero) is 1. The number of carboxylic acids is 1. The molecule has 2 fully saturated rings. The average Bonchev–Trinajstić information content (AvgIpc) is 3.61. The molecule has 2 aliphatic heterocycles. The Labute approximate surface area is 222 Å². The number of rotatable bonds is 11. The standard InChI is InChI=1S/C28H36N4O6/c1-27(2,14-23(29)34)18-28(20-8-4-3-5-9-20,32-13-10-19(15-32)25(35)36)26(37)30-24-21(33)17-38-22(24)16-31-11-6-7-12-31/h3-5,8-10,13,15,22,24H,6-7,11-12,14,16-18H2,1-2H3,(H2,29,34)(H,30,37)(H,35,36). The molecule has 0 aliphatic carbocycles. The maximum atomic E-state index is 14.5. The summed E-state index contributed by atoms with van der Waals surface area (Å²) in [6.45, 7) is 5.97. The number of carbonyl (C=O) groups excluding carboxylic acids is 3. The molecular weight excluding hydrogens is 488 g/mol. The number of primary amides is 1. The highest BCUT2D eigenvalue weighted by Gasteiger charge is 2.49. The predicted octanol–water partition coefficient (Wildman–Crippen LogP) is 1.77. The van der Waals surface area contributed by atoms with Crippen LogP contribution in [0.1, 0.15) is 55.5 Å². The summed E-state index contributed by atoms with van der Waals surface area (Å²) in [5.74, 6) is -2.34. The molecule has 2 amide bonds. The van der Waals surface area contributed by atoms with Crippen molar-refractivity contribution in [3.63, 3.8) is 0 Å². The fourth-order valence-electron chi connectivity index (χ4n) is 5.77. The highest BCUT2D eigenvalue weighted by atomic mass is 16.5. The number of benzene rings is 1. The highest BCUT2D eigenvalue weighted by molar-refractivity contribution is 5.96. The molecule has 10 heteroatoms. The van der Waals surface area contributed by atoms with Gasteiger partial charge in [0, 0.05) is 25.4 Å². The maximum absolute atomic E-state index is 14.5. The quantitative estimate of drug-likeness (QED) is 0.406. The highest BCUT2D eigenvalue weighted by Crippen LogP contribution is 2.41. The van der Waals surface area contributed by atoms with E-state index in [0.29, 0.717) is 12.1 Å². The van der Waals surface area contributed by atoms with Gasteiger partial charge in [0.2, 0.25) is 5.91 Å². The molecule has 4 N–H and O–H groups in total. The van der Waals surface area contributed by atoms with Crippen molar-refractivity contribution >= 4 is 23.6 Å². The topological polar surface area (TPSA) is 144 Å². The summed E-state index contributed by atoms with van der Waals surface area (Å²) in [5, 5.41) is 12.6. The minimum Gasteiger partial charge on any atom is -0.478 e. The van der Waals surface area contributed by atoms with E-state index in [1.54, 1.807) is 35.0 Å². The molecule has 2 aliphatic rings. The Morgan fingerprint density at radius 3 is 2.42 bits per heavy atom. The molecule has 2 saturated heterocycles. The normalized spacial score (nSPS) is 21.8. The Morgan fingerprint density at radius 1 is 1.13 bits per heavy atom. The van der Waals surface area contributed by atoms with Crippen LogP contribution in [-0.4, -0.2) is 76.5 Å². The van der Waals surface area contributed by atoms with Crippen LogP contribution >= 0.6 is 0 Å². The van der Waals surface area contributed by atoms with Gasteiger partial charge in [-0.15, -0.1) is 0 Å². The van der Waals surface area contributed by atoms with Gasteiger partial charge in [-0.2, -0.15) is 0 Å². The number of aromatic nitrogens is 1. The minimum atomic E-state index is -1.48. The lowest BCUT2D eigenvalue weighted by Crippen LogP contribution is -2.57. The van der Waals surface area contributed by atoms with Crippen LogP contribution in [0.2, 0.25) is 0 Å². The Hall–Kier alpha value is -3.50. The van der Waals surface area contributed by atoms with E-state index >= 15 is 0 Å². The molecule has 2 aromatic rings. The van der Waals surface area contributed by atoms with E-state index in [1.807, 2.05) is 19.9 Å². The van der Waals surface area contributed by atoms with Crippen LogP contribution in [0.25, 0.3) is 0 Å². The predicted molar refractivity (Wildman–Crippen MR) is 139 cm³/mol. The van der Waals surface area contributed by atoms with Crippen molar-refractivity contribution in [1.29, 1.82) is 0 Å². The fraction of sp³-hybridized carbons (Fsp3) is 0.500. The van der Waals surface area contributed by atoms with Gasteiger partial charge in [0.15, 0.2) is 5.78 Å². The summed E-state index contributed by atoms with van der Waals surface area (Å²) in [5.41, 5.74) is 3.92. The van der Waals surface area contributed by atoms with Crippen molar-refractivity contribution in [3.05, 3.63) is 59.9 Å². The lowest BCUT2D eigenvalue weighted by atomic mass is 9.72. The van der Waals surface area contributed by atoms with Crippen LogP contribution in [0.4, 0.5) is 0 Å². The third-order valence-corrected chi connectivity index (χ3v) is 7.48. The van der Waals surface area contributed by atoms with E-state index < -0.39 is 40.9 Å². The lowest BCUT2D eigenvalue weighted by molar-refractivity contribution is -0.133. The molecular formula is C28H36N4O6. The summed E-state index contributed by atoms with van der Waals surface area (Å²) < 4.78 is 7.37. The molecule has 4 rings (SSSR count). The summed E-state index contributed by atoms with van der Waals surface area (Å²) in [7, 11) is 0. The number of hydrogen-bond donors (Lipinski definition) is 3. The zero-order valence-corrected chi connectivity index (χ0v) is 21.9. The van der Waals surface area contributed by atoms with E-state index in [9.17, 15) is 24.3 Å². The van der Waals surface area contributed by atoms with Gasteiger partial charge in [-0.05, 0) is 49.4 Å². The van der Waals surface area contributed by atoms with Crippen LogP contribution in [0, 0.1) is 5.41 Å². The number of hydrogen-bond acceptors (Lipinski definition) is 6. The number of ketones is 1. The van der Waals surface area contributed by atoms with Crippen molar-refractivity contribution < 1.29 is 29.0 Å². The van der Waals surface area contributed by atoms with E-state index in [0.717, 1.165) is 25.9 Å². The monoisotopic (exact) mass is 524 g/mol. The van der Waals surface area contributed by atoms with E-state index in [4.69, 9.17) is 10.5 Å². The first-order valence-electron chi connectivity index (χ1n) is 12.9. The molecule has 0 spiro atoms. The molecule has 3 atom stereocenters. The third-order valence-electron chi connectivity index (χ3n) is 7.48. The third kappa shape index (κ3) is 5.81. The molecule has 1 aromatic carbocycles. The number of nitrogens with one attached hydrogen (secondary N) is 1. The largest absolute Gasteiger partial charge is 0.478 e.